The van der Waals surface area contributed by atoms with Crippen molar-refractivity contribution in [2.45, 2.75) is 44.4 Å². The van der Waals surface area contributed by atoms with Crippen LogP contribution in [0.25, 0.3) is 0 Å². The van der Waals surface area contributed by atoms with Gasteiger partial charge in [-0.3, -0.25) is 14.4 Å². The molecule has 0 bridgehead atoms. The molecule has 2 rings (SSSR count). The Balaban J connectivity index is 2.11. The third kappa shape index (κ3) is 8.87. The monoisotopic (exact) mass is 522 g/mol. The van der Waals surface area contributed by atoms with Crippen LogP contribution in [0.3, 0.4) is 0 Å². The topological polar surface area (TPSA) is 75.3 Å². The summed E-state index contributed by atoms with van der Waals surface area (Å²) < 4.78 is 38.0. The van der Waals surface area contributed by atoms with Gasteiger partial charge in [0.05, 0.1) is 6.04 Å². The fourth-order valence-corrected chi connectivity index (χ4v) is 3.80. The smallest absolute Gasteiger partial charge is 0.344 e. The Morgan fingerprint density at radius 2 is 1.52 bits per heavy atom. The lowest BCUT2D eigenvalue weighted by molar-refractivity contribution is -0.173. The number of Topliss-reactive ketones (excluding diaryl/α,β-unsaturated/α-hetero) is 1. The molecule has 11 heteroatoms. The van der Waals surface area contributed by atoms with Crippen LogP contribution in [0.2, 0.25) is 15.1 Å². The van der Waals surface area contributed by atoms with E-state index in [1.165, 1.54) is 0 Å². The van der Waals surface area contributed by atoms with E-state index in [1.54, 1.807) is 42.5 Å². The number of hydrogen-bond donors (Lipinski definition) is 2. The lowest BCUT2D eigenvalue weighted by Gasteiger charge is -2.22. The number of ketones is 1. The van der Waals surface area contributed by atoms with Crippen molar-refractivity contribution in [2.24, 2.45) is 0 Å². The summed E-state index contributed by atoms with van der Waals surface area (Å²) in [6.45, 7) is 0.925. The number of aryl methyl sites for hydroxylation is 1. The highest BCUT2D eigenvalue weighted by atomic mass is 35.5. The number of carbonyl (C=O) groups is 3. The molecular formula is C22H20Cl3F3N2O3. The summed E-state index contributed by atoms with van der Waals surface area (Å²) in [5.74, 6) is -3.55. The summed E-state index contributed by atoms with van der Waals surface area (Å²) in [4.78, 5) is 36.6. The average molecular weight is 524 g/mol. The van der Waals surface area contributed by atoms with Gasteiger partial charge in [-0.1, -0.05) is 46.9 Å². The highest BCUT2D eigenvalue weighted by Gasteiger charge is 2.42. The molecule has 0 aliphatic rings. The van der Waals surface area contributed by atoms with Crippen molar-refractivity contribution in [3.63, 3.8) is 0 Å². The predicted octanol–water partition coefficient (Wildman–Crippen LogP) is 4.94. The van der Waals surface area contributed by atoms with Gasteiger partial charge < -0.3 is 10.6 Å². The fourth-order valence-electron chi connectivity index (χ4n) is 3.01. The second kappa shape index (κ2) is 11.7. The highest BCUT2D eigenvalue weighted by molar-refractivity contribution is 6.34. The van der Waals surface area contributed by atoms with E-state index in [-0.39, 0.29) is 19.3 Å². The second-order valence-electron chi connectivity index (χ2n) is 7.32. The maximum atomic E-state index is 12.7. The normalized spacial score (nSPS) is 13.2. The van der Waals surface area contributed by atoms with Gasteiger partial charge >= 0.3 is 6.18 Å². The minimum atomic E-state index is -5.10. The first-order chi connectivity index (χ1) is 15.3. The van der Waals surface area contributed by atoms with E-state index < -0.39 is 35.9 Å². The van der Waals surface area contributed by atoms with Crippen molar-refractivity contribution >= 4 is 52.4 Å². The van der Waals surface area contributed by atoms with Gasteiger partial charge in [-0.05, 0) is 54.8 Å². The molecule has 0 radical (unpaired) electrons. The van der Waals surface area contributed by atoms with Crippen LogP contribution in [-0.2, 0) is 27.2 Å². The molecule has 33 heavy (non-hydrogen) atoms. The van der Waals surface area contributed by atoms with Crippen molar-refractivity contribution in [1.29, 1.82) is 0 Å². The van der Waals surface area contributed by atoms with Gasteiger partial charge in [-0.2, -0.15) is 13.2 Å². The second-order valence-corrected chi connectivity index (χ2v) is 8.63. The molecule has 2 N–H and O–H groups in total. The summed E-state index contributed by atoms with van der Waals surface area (Å²) in [5, 5.41) is 5.73. The van der Waals surface area contributed by atoms with Crippen LogP contribution in [0.1, 0.15) is 24.5 Å². The molecule has 2 atom stereocenters. The standard InChI is InChI=1S/C22H20Cl3F3N2O3/c1-12(20(32)22(26,27)28)29-21(33)18(10-13-3-2-4-15(23)7-13)30-19(31)6-5-14-8-16(24)11-17(25)9-14/h2-4,7-9,11-12,18H,5-6,10H2,1H3,(H,29,33)(H,30,31)/t12-,18-/m0/s1. The van der Waals surface area contributed by atoms with E-state index in [9.17, 15) is 27.6 Å². The van der Waals surface area contributed by atoms with Gasteiger partial charge in [0, 0.05) is 27.9 Å². The third-order valence-electron chi connectivity index (χ3n) is 4.58. The number of carbonyl (C=O) groups excluding carboxylic acids is 3. The summed E-state index contributed by atoms with van der Waals surface area (Å²) in [5.41, 5.74) is 1.27. The van der Waals surface area contributed by atoms with Gasteiger partial charge in [-0.15, -0.1) is 0 Å². The first kappa shape index (κ1) is 27.0. The molecule has 0 saturated heterocycles. The van der Waals surface area contributed by atoms with E-state index in [1.807, 2.05) is 5.32 Å². The SMILES string of the molecule is C[C@H](NC(=O)[C@H](Cc1cccc(Cl)c1)NC(=O)CCc1cc(Cl)cc(Cl)c1)C(=O)C(F)(F)F. The predicted molar refractivity (Wildman–Crippen MR) is 121 cm³/mol. The van der Waals surface area contributed by atoms with Crippen molar-refractivity contribution in [1.82, 2.24) is 10.6 Å². The zero-order valence-corrected chi connectivity index (χ0v) is 19.6. The number of alkyl halides is 3. The van der Waals surface area contributed by atoms with Crippen LogP contribution in [0.5, 0.6) is 0 Å². The molecule has 0 saturated carbocycles. The number of nitrogens with one attached hydrogen (secondary N) is 2. The first-order valence-electron chi connectivity index (χ1n) is 9.75. The maximum Gasteiger partial charge on any atom is 0.452 e. The van der Waals surface area contributed by atoms with Crippen LogP contribution in [0.4, 0.5) is 13.2 Å². The molecule has 0 aromatic heterocycles. The summed E-state index contributed by atoms with van der Waals surface area (Å²) in [6.07, 6.45) is -4.92. The maximum absolute atomic E-state index is 12.7. The molecule has 0 heterocycles. The molecule has 0 fully saturated rings. The number of amides is 2. The molecule has 2 aromatic carbocycles. The molecule has 0 spiro atoms. The van der Waals surface area contributed by atoms with Gasteiger partial charge in [0.15, 0.2) is 0 Å². The van der Waals surface area contributed by atoms with Crippen LogP contribution in [0.15, 0.2) is 42.5 Å². The zero-order valence-electron chi connectivity index (χ0n) is 17.3. The molecule has 0 aliphatic heterocycles. The molecule has 178 valence electrons. The summed E-state index contributed by atoms with van der Waals surface area (Å²) in [7, 11) is 0. The van der Waals surface area contributed by atoms with Gasteiger partial charge in [-0.25, -0.2) is 0 Å². The van der Waals surface area contributed by atoms with E-state index in [4.69, 9.17) is 34.8 Å². The minimum absolute atomic E-state index is 0.0347. The van der Waals surface area contributed by atoms with Crippen molar-refractivity contribution in [3.8, 4) is 0 Å². The lowest BCUT2D eigenvalue weighted by atomic mass is 10.0. The molecule has 2 amide bonds. The Kier molecular flexibility index (Phi) is 9.57. The van der Waals surface area contributed by atoms with Crippen molar-refractivity contribution in [2.75, 3.05) is 0 Å². The van der Waals surface area contributed by atoms with Gasteiger partial charge in [0.1, 0.15) is 6.04 Å². The van der Waals surface area contributed by atoms with Crippen molar-refractivity contribution in [3.05, 3.63) is 68.7 Å². The third-order valence-corrected chi connectivity index (χ3v) is 5.25. The Hall–Kier alpha value is -2.29. The first-order valence-corrected chi connectivity index (χ1v) is 10.9. The highest BCUT2D eigenvalue weighted by Crippen LogP contribution is 2.20. The number of rotatable bonds is 9. The quantitative estimate of drug-likeness (QED) is 0.489. The molecule has 2 aromatic rings. The van der Waals surface area contributed by atoms with E-state index in [0.717, 1.165) is 6.92 Å². The van der Waals surface area contributed by atoms with Crippen LogP contribution in [-0.4, -0.2) is 35.9 Å². The lowest BCUT2D eigenvalue weighted by Crippen LogP contribution is -2.53. The van der Waals surface area contributed by atoms with E-state index in [2.05, 4.69) is 5.32 Å². The Morgan fingerprint density at radius 1 is 0.909 bits per heavy atom. The summed E-state index contributed by atoms with van der Waals surface area (Å²) in [6, 6.07) is 8.23. The van der Waals surface area contributed by atoms with Crippen LogP contribution in [0, 0.1) is 0 Å². The molecule has 5 nitrogen and oxygen atoms in total. The zero-order chi connectivity index (χ0) is 24.8. The minimum Gasteiger partial charge on any atom is -0.344 e. The molecular weight excluding hydrogens is 504 g/mol. The number of halogens is 6. The number of benzene rings is 2. The van der Waals surface area contributed by atoms with E-state index >= 15 is 0 Å². The molecule has 0 aliphatic carbocycles. The largest absolute Gasteiger partial charge is 0.452 e. The van der Waals surface area contributed by atoms with E-state index in [0.29, 0.717) is 26.2 Å². The van der Waals surface area contributed by atoms with Crippen molar-refractivity contribution < 1.29 is 27.6 Å². The Labute approximate surface area is 203 Å². The average Bonchev–Trinajstić information content (AvgIpc) is 2.69. The van der Waals surface area contributed by atoms with Gasteiger partial charge in [0.2, 0.25) is 11.8 Å². The van der Waals surface area contributed by atoms with Crippen LogP contribution < -0.4 is 10.6 Å². The van der Waals surface area contributed by atoms with Gasteiger partial charge in [0.25, 0.3) is 5.78 Å². The fraction of sp³-hybridized carbons (Fsp3) is 0.318. The van der Waals surface area contributed by atoms with Crippen LogP contribution >= 0.6 is 34.8 Å². The summed E-state index contributed by atoms with van der Waals surface area (Å²) >= 11 is 17.8. The Morgan fingerprint density at radius 3 is 2.09 bits per heavy atom. The molecule has 0 unspecified atom stereocenters. The Bertz CT molecular complexity index is 1010. The number of hydrogen-bond acceptors (Lipinski definition) is 3.